The number of anilines is 2. The molecule has 8 heteroatoms. The predicted octanol–water partition coefficient (Wildman–Crippen LogP) is 3.51. The van der Waals surface area contributed by atoms with Crippen molar-refractivity contribution < 1.29 is 19.2 Å². The van der Waals surface area contributed by atoms with Crippen LogP contribution in [0.4, 0.5) is 16.2 Å². The first-order valence-electron chi connectivity index (χ1n) is 7.91. The molecule has 7 nitrogen and oxygen atoms in total. The third-order valence-electron chi connectivity index (χ3n) is 3.88. The van der Waals surface area contributed by atoms with Gasteiger partial charge in [0.2, 0.25) is 5.91 Å². The molecule has 26 heavy (non-hydrogen) atoms. The summed E-state index contributed by atoms with van der Waals surface area (Å²) in [5.74, 6) is 0.422. The number of ether oxygens (including phenoxy) is 1. The van der Waals surface area contributed by atoms with Crippen molar-refractivity contribution in [1.29, 1.82) is 0 Å². The molecule has 1 heterocycles. The number of halogens is 1. The van der Waals surface area contributed by atoms with E-state index in [9.17, 15) is 9.59 Å². The molecule has 0 aliphatic carbocycles. The summed E-state index contributed by atoms with van der Waals surface area (Å²) in [6.07, 6.45) is -0.767. The molecule has 0 aromatic heterocycles. The number of carbonyl (C=O) groups is 2. The van der Waals surface area contributed by atoms with E-state index in [-0.39, 0.29) is 18.4 Å². The first kappa shape index (κ1) is 18.0. The number of benzene rings is 2. The van der Waals surface area contributed by atoms with Crippen molar-refractivity contribution in [1.82, 2.24) is 5.06 Å². The van der Waals surface area contributed by atoms with Crippen molar-refractivity contribution in [3.8, 4) is 5.75 Å². The van der Waals surface area contributed by atoms with E-state index in [1.807, 2.05) is 0 Å². The van der Waals surface area contributed by atoms with Gasteiger partial charge in [-0.3, -0.25) is 9.69 Å². The summed E-state index contributed by atoms with van der Waals surface area (Å²) >= 11 is 5.90. The summed E-state index contributed by atoms with van der Waals surface area (Å²) in [5.41, 5.74) is 1.23. The second-order valence-corrected chi connectivity index (χ2v) is 6.10. The fourth-order valence-corrected chi connectivity index (χ4v) is 2.73. The topological polar surface area (TPSA) is 71.1 Å². The molecule has 2 aromatic rings. The zero-order valence-corrected chi connectivity index (χ0v) is 15.1. The molecule has 1 N–H and O–H groups in total. The lowest BCUT2D eigenvalue weighted by atomic mass is 10.2. The molecular weight excluding hydrogens is 358 g/mol. The number of carbonyl (C=O) groups excluding carboxylic acids is 2. The van der Waals surface area contributed by atoms with Gasteiger partial charge in [-0.2, -0.15) is 0 Å². The minimum atomic E-state index is -0.744. The van der Waals surface area contributed by atoms with Gasteiger partial charge in [-0.15, -0.1) is 0 Å². The molecule has 0 unspecified atom stereocenters. The van der Waals surface area contributed by atoms with E-state index in [0.29, 0.717) is 22.1 Å². The molecule has 0 saturated carbocycles. The van der Waals surface area contributed by atoms with Crippen LogP contribution in [0.1, 0.15) is 6.42 Å². The van der Waals surface area contributed by atoms with Gasteiger partial charge in [0, 0.05) is 23.4 Å². The van der Waals surface area contributed by atoms with Crippen LogP contribution in [-0.4, -0.2) is 37.4 Å². The van der Waals surface area contributed by atoms with Gasteiger partial charge in [-0.25, -0.2) is 14.7 Å². The maximum Gasteiger partial charge on any atom is 0.350 e. The number of hydroxylamine groups is 2. The number of urea groups is 1. The van der Waals surface area contributed by atoms with Crippen LogP contribution in [0.15, 0.2) is 48.5 Å². The second kappa shape index (κ2) is 7.63. The van der Waals surface area contributed by atoms with Crippen molar-refractivity contribution in [2.75, 3.05) is 24.4 Å². The fourth-order valence-electron chi connectivity index (χ4n) is 2.60. The molecule has 0 radical (unpaired) electrons. The van der Waals surface area contributed by atoms with E-state index in [4.69, 9.17) is 21.2 Å². The Morgan fingerprint density at radius 2 is 1.85 bits per heavy atom. The molecule has 1 saturated heterocycles. The zero-order chi connectivity index (χ0) is 18.7. The average Bonchev–Trinajstić information content (AvgIpc) is 2.90. The number of nitrogens with one attached hydrogen (secondary N) is 1. The molecule has 1 atom stereocenters. The van der Waals surface area contributed by atoms with Crippen LogP contribution >= 0.6 is 11.6 Å². The Hall–Kier alpha value is -2.77. The molecule has 1 aliphatic rings. The minimum Gasteiger partial charge on any atom is -0.497 e. The maximum atomic E-state index is 12.4. The Morgan fingerprint density at radius 1 is 1.19 bits per heavy atom. The lowest BCUT2D eigenvalue weighted by molar-refractivity contribution is -0.129. The van der Waals surface area contributed by atoms with Gasteiger partial charge >= 0.3 is 6.03 Å². The Bertz CT molecular complexity index is 795. The standard InChI is InChI=1S/C18H18ClN3O4/c1-21-18(24)22(14-7-3-12(19)4-8-14)17(26-21)11-16(23)20-13-5-9-15(25-2)10-6-13/h3-10,17H,11H2,1-2H3,(H,20,23)/t17-/m0/s1. The van der Waals surface area contributed by atoms with Gasteiger partial charge in [-0.05, 0) is 48.5 Å². The molecule has 3 amide bonds. The van der Waals surface area contributed by atoms with E-state index < -0.39 is 6.23 Å². The lowest BCUT2D eigenvalue weighted by Crippen LogP contribution is -2.36. The van der Waals surface area contributed by atoms with Gasteiger partial charge < -0.3 is 10.1 Å². The van der Waals surface area contributed by atoms with E-state index in [1.54, 1.807) is 55.6 Å². The van der Waals surface area contributed by atoms with Crippen LogP contribution in [0.5, 0.6) is 5.75 Å². The number of hydrogen-bond acceptors (Lipinski definition) is 4. The zero-order valence-electron chi connectivity index (χ0n) is 14.3. The Kier molecular flexibility index (Phi) is 5.29. The van der Waals surface area contributed by atoms with Crippen molar-refractivity contribution >= 4 is 34.9 Å². The van der Waals surface area contributed by atoms with E-state index in [1.165, 1.54) is 11.9 Å². The number of methoxy groups -OCH3 is 1. The van der Waals surface area contributed by atoms with E-state index in [0.717, 1.165) is 5.06 Å². The summed E-state index contributed by atoms with van der Waals surface area (Å²) in [4.78, 5) is 31.7. The van der Waals surface area contributed by atoms with Crippen LogP contribution in [0.2, 0.25) is 5.02 Å². The monoisotopic (exact) mass is 375 g/mol. The van der Waals surface area contributed by atoms with Crippen LogP contribution in [0.25, 0.3) is 0 Å². The molecule has 2 aromatic carbocycles. The van der Waals surface area contributed by atoms with Crippen molar-refractivity contribution in [2.45, 2.75) is 12.6 Å². The fraction of sp³-hybridized carbons (Fsp3) is 0.222. The van der Waals surface area contributed by atoms with Crippen LogP contribution < -0.4 is 15.0 Å². The normalized spacial score (nSPS) is 16.7. The lowest BCUT2D eigenvalue weighted by Gasteiger charge is -2.20. The van der Waals surface area contributed by atoms with Crippen molar-refractivity contribution in [3.63, 3.8) is 0 Å². The summed E-state index contributed by atoms with van der Waals surface area (Å²) in [5, 5.41) is 4.45. The Labute approximate surface area is 156 Å². The van der Waals surface area contributed by atoms with Crippen molar-refractivity contribution in [3.05, 3.63) is 53.6 Å². The average molecular weight is 376 g/mol. The summed E-state index contributed by atoms with van der Waals surface area (Å²) in [6.45, 7) is 0. The van der Waals surface area contributed by atoms with Crippen molar-refractivity contribution in [2.24, 2.45) is 0 Å². The van der Waals surface area contributed by atoms with Crippen LogP contribution in [0, 0.1) is 0 Å². The van der Waals surface area contributed by atoms with Gasteiger partial charge in [0.05, 0.1) is 13.5 Å². The number of amides is 3. The SMILES string of the molecule is COc1ccc(NC(=O)C[C@@H]2ON(C)C(=O)N2c2ccc(Cl)cc2)cc1. The number of rotatable bonds is 5. The van der Waals surface area contributed by atoms with Crippen LogP contribution in [-0.2, 0) is 9.63 Å². The summed E-state index contributed by atoms with van der Waals surface area (Å²) in [7, 11) is 3.08. The molecule has 0 spiro atoms. The Balaban J connectivity index is 1.70. The third kappa shape index (κ3) is 3.89. The van der Waals surface area contributed by atoms with Gasteiger partial charge in [0.15, 0.2) is 6.23 Å². The highest BCUT2D eigenvalue weighted by Crippen LogP contribution is 2.28. The molecule has 136 valence electrons. The highest BCUT2D eigenvalue weighted by molar-refractivity contribution is 6.30. The first-order valence-corrected chi connectivity index (χ1v) is 8.29. The molecule has 3 rings (SSSR count). The predicted molar refractivity (Wildman–Crippen MR) is 98.2 cm³/mol. The second-order valence-electron chi connectivity index (χ2n) is 5.67. The largest absolute Gasteiger partial charge is 0.497 e. The smallest absolute Gasteiger partial charge is 0.350 e. The van der Waals surface area contributed by atoms with Crippen LogP contribution in [0.3, 0.4) is 0 Å². The number of nitrogens with zero attached hydrogens (tertiary/aromatic N) is 2. The Morgan fingerprint density at radius 3 is 2.46 bits per heavy atom. The first-order chi connectivity index (χ1) is 12.5. The van der Waals surface area contributed by atoms with E-state index in [2.05, 4.69) is 5.32 Å². The summed E-state index contributed by atoms with van der Waals surface area (Å²) in [6, 6.07) is 13.4. The molecular formula is C18H18ClN3O4. The number of hydrogen-bond donors (Lipinski definition) is 1. The summed E-state index contributed by atoms with van der Waals surface area (Å²) < 4.78 is 5.09. The van der Waals surface area contributed by atoms with Gasteiger partial charge in [-0.1, -0.05) is 11.6 Å². The van der Waals surface area contributed by atoms with Gasteiger partial charge in [0.1, 0.15) is 5.75 Å². The quantitative estimate of drug-likeness (QED) is 0.868. The molecule has 0 bridgehead atoms. The third-order valence-corrected chi connectivity index (χ3v) is 4.13. The highest BCUT2D eigenvalue weighted by atomic mass is 35.5. The maximum absolute atomic E-state index is 12.4. The minimum absolute atomic E-state index is 0.0231. The van der Waals surface area contributed by atoms with Gasteiger partial charge in [0.25, 0.3) is 0 Å². The van der Waals surface area contributed by atoms with E-state index >= 15 is 0 Å². The molecule has 1 aliphatic heterocycles. The highest BCUT2D eigenvalue weighted by Gasteiger charge is 2.39. The molecule has 1 fully saturated rings.